The fraction of sp³-hybridized carbons (Fsp3) is 0. The smallest absolute Gasteiger partial charge is 0.143 e. The molecule has 0 spiro atoms. The number of para-hydroxylation sites is 1. The van der Waals surface area contributed by atoms with Crippen LogP contribution in [0, 0.1) is 0 Å². The SMILES string of the molecule is c1ccc(-c2ccc(N(c3ccc4oc5c6ccccc6ccc5c4c3)c3cccc4oc5ccccc5c34)cc2-c2ccccc2)cc1. The lowest BCUT2D eigenvalue weighted by molar-refractivity contribution is 0.669. The maximum atomic E-state index is 6.54. The molecule has 2 aromatic heterocycles. The van der Waals surface area contributed by atoms with Crippen LogP contribution in [0.15, 0.2) is 185 Å². The van der Waals surface area contributed by atoms with E-state index in [0.717, 1.165) is 66.3 Å². The predicted molar refractivity (Wildman–Crippen MR) is 204 cm³/mol. The number of benzene rings is 8. The van der Waals surface area contributed by atoms with E-state index in [9.17, 15) is 0 Å². The molecular formula is C46H29NO2. The van der Waals surface area contributed by atoms with E-state index in [-0.39, 0.29) is 0 Å². The van der Waals surface area contributed by atoms with E-state index in [1.807, 2.05) is 12.1 Å². The molecule has 0 aliphatic carbocycles. The number of nitrogens with zero attached hydrogens (tertiary/aromatic N) is 1. The van der Waals surface area contributed by atoms with Gasteiger partial charge in [0.05, 0.1) is 11.1 Å². The van der Waals surface area contributed by atoms with Crippen molar-refractivity contribution in [1.29, 1.82) is 0 Å². The summed E-state index contributed by atoms with van der Waals surface area (Å²) in [7, 11) is 0. The Bertz CT molecular complexity index is 2830. The van der Waals surface area contributed by atoms with Crippen molar-refractivity contribution in [2.75, 3.05) is 4.90 Å². The van der Waals surface area contributed by atoms with Crippen LogP contribution in [-0.2, 0) is 0 Å². The molecule has 0 saturated heterocycles. The highest BCUT2D eigenvalue weighted by Crippen LogP contribution is 2.46. The lowest BCUT2D eigenvalue weighted by atomic mass is 9.93. The van der Waals surface area contributed by atoms with Crippen LogP contribution in [0.3, 0.4) is 0 Å². The standard InChI is InChI=1S/C46H29NO2/c1-3-12-30(13-4-1)35-26-23-33(28-39(35)31-14-5-2-6-15-31)47(41-19-11-21-44-45(41)38-18-9-10-20-42(38)48-44)34-24-27-43-40(29-34)37-25-22-32-16-7-8-17-36(32)46(37)49-43/h1-29H. The Hall–Kier alpha value is -6.58. The van der Waals surface area contributed by atoms with E-state index in [2.05, 4.69) is 169 Å². The third kappa shape index (κ3) is 4.44. The molecule has 0 aliphatic rings. The van der Waals surface area contributed by atoms with Crippen LogP contribution >= 0.6 is 0 Å². The summed E-state index contributed by atoms with van der Waals surface area (Å²) in [4.78, 5) is 2.37. The normalized spacial score (nSPS) is 11.7. The van der Waals surface area contributed by atoms with Crippen molar-refractivity contribution in [3.63, 3.8) is 0 Å². The first-order chi connectivity index (χ1) is 24.3. The first-order valence-corrected chi connectivity index (χ1v) is 16.6. The third-order valence-corrected chi connectivity index (χ3v) is 9.66. The van der Waals surface area contributed by atoms with E-state index in [1.54, 1.807) is 0 Å². The minimum atomic E-state index is 0.856. The van der Waals surface area contributed by atoms with Gasteiger partial charge < -0.3 is 13.7 Å². The second-order valence-electron chi connectivity index (χ2n) is 12.5. The molecule has 10 rings (SSSR count). The molecule has 230 valence electrons. The first kappa shape index (κ1) is 27.5. The number of hydrogen-bond acceptors (Lipinski definition) is 3. The van der Waals surface area contributed by atoms with Crippen molar-refractivity contribution in [3.8, 4) is 22.3 Å². The lowest BCUT2D eigenvalue weighted by Gasteiger charge is -2.27. The summed E-state index contributed by atoms with van der Waals surface area (Å²) in [5, 5.41) is 6.64. The minimum Gasteiger partial charge on any atom is -0.456 e. The highest BCUT2D eigenvalue weighted by molar-refractivity contribution is 6.17. The van der Waals surface area contributed by atoms with Crippen LogP contribution in [0.2, 0.25) is 0 Å². The molecular weight excluding hydrogens is 599 g/mol. The molecule has 49 heavy (non-hydrogen) atoms. The van der Waals surface area contributed by atoms with Crippen LogP contribution in [-0.4, -0.2) is 0 Å². The van der Waals surface area contributed by atoms with Gasteiger partial charge in [-0.2, -0.15) is 0 Å². The Balaban J connectivity index is 1.26. The summed E-state index contributed by atoms with van der Waals surface area (Å²) in [5.74, 6) is 0. The monoisotopic (exact) mass is 627 g/mol. The number of rotatable bonds is 5. The molecule has 2 heterocycles. The van der Waals surface area contributed by atoms with Crippen molar-refractivity contribution in [3.05, 3.63) is 176 Å². The molecule has 8 aromatic carbocycles. The van der Waals surface area contributed by atoms with Gasteiger partial charge in [0.25, 0.3) is 0 Å². The highest BCUT2D eigenvalue weighted by Gasteiger charge is 2.22. The predicted octanol–water partition coefficient (Wildman–Crippen LogP) is 13.4. The molecule has 0 saturated carbocycles. The Kier molecular flexibility index (Phi) is 6.18. The van der Waals surface area contributed by atoms with Crippen LogP contribution in [0.25, 0.3) is 76.9 Å². The van der Waals surface area contributed by atoms with Crippen molar-refractivity contribution < 1.29 is 8.83 Å². The van der Waals surface area contributed by atoms with Crippen LogP contribution in [0.1, 0.15) is 0 Å². The average Bonchev–Trinajstić information content (AvgIpc) is 3.75. The molecule has 0 unspecified atom stereocenters. The zero-order chi connectivity index (χ0) is 32.3. The van der Waals surface area contributed by atoms with Gasteiger partial charge in [-0.25, -0.2) is 0 Å². The molecule has 0 amide bonds. The maximum Gasteiger partial charge on any atom is 0.143 e. The average molecular weight is 628 g/mol. The minimum absolute atomic E-state index is 0.856. The Morgan fingerprint density at radius 1 is 0.367 bits per heavy atom. The molecule has 0 bridgehead atoms. The summed E-state index contributed by atoms with van der Waals surface area (Å²) in [6, 6.07) is 62.1. The van der Waals surface area contributed by atoms with Gasteiger partial charge >= 0.3 is 0 Å². The zero-order valence-corrected chi connectivity index (χ0v) is 26.5. The number of hydrogen-bond donors (Lipinski definition) is 0. The van der Waals surface area contributed by atoms with Crippen molar-refractivity contribution >= 4 is 71.7 Å². The van der Waals surface area contributed by atoms with E-state index >= 15 is 0 Å². The quantitative estimate of drug-likeness (QED) is 0.190. The topological polar surface area (TPSA) is 29.5 Å². The van der Waals surface area contributed by atoms with Crippen LogP contribution in [0.4, 0.5) is 17.1 Å². The van der Waals surface area contributed by atoms with Gasteiger partial charge in [0.15, 0.2) is 0 Å². The molecule has 0 N–H and O–H groups in total. The van der Waals surface area contributed by atoms with Crippen molar-refractivity contribution in [1.82, 2.24) is 0 Å². The largest absolute Gasteiger partial charge is 0.456 e. The van der Waals surface area contributed by atoms with E-state index in [4.69, 9.17) is 8.83 Å². The van der Waals surface area contributed by atoms with Gasteiger partial charge in [-0.05, 0) is 82.2 Å². The Labute approximate surface area is 282 Å². The first-order valence-electron chi connectivity index (χ1n) is 16.6. The summed E-state index contributed by atoms with van der Waals surface area (Å²) in [6.07, 6.45) is 0. The zero-order valence-electron chi connectivity index (χ0n) is 26.5. The molecule has 0 atom stereocenters. The van der Waals surface area contributed by atoms with Crippen LogP contribution < -0.4 is 4.90 Å². The van der Waals surface area contributed by atoms with Gasteiger partial charge in [0.2, 0.25) is 0 Å². The molecule has 3 heteroatoms. The number of fused-ring (bicyclic) bond motifs is 8. The van der Waals surface area contributed by atoms with Crippen molar-refractivity contribution in [2.45, 2.75) is 0 Å². The third-order valence-electron chi connectivity index (χ3n) is 9.66. The Morgan fingerprint density at radius 2 is 1.02 bits per heavy atom. The van der Waals surface area contributed by atoms with Gasteiger partial charge in [0, 0.05) is 32.9 Å². The maximum absolute atomic E-state index is 6.54. The highest BCUT2D eigenvalue weighted by atomic mass is 16.3. The Morgan fingerprint density at radius 3 is 1.86 bits per heavy atom. The number of anilines is 3. The molecule has 3 nitrogen and oxygen atoms in total. The fourth-order valence-electron chi connectivity index (χ4n) is 7.40. The van der Waals surface area contributed by atoms with E-state index in [1.165, 1.54) is 27.6 Å². The van der Waals surface area contributed by atoms with Gasteiger partial charge in [-0.3, -0.25) is 0 Å². The van der Waals surface area contributed by atoms with Crippen LogP contribution in [0.5, 0.6) is 0 Å². The summed E-state index contributed by atoms with van der Waals surface area (Å²) >= 11 is 0. The molecule has 0 fully saturated rings. The summed E-state index contributed by atoms with van der Waals surface area (Å²) in [6.45, 7) is 0. The summed E-state index contributed by atoms with van der Waals surface area (Å²) < 4.78 is 12.9. The number of furan rings is 2. The second kappa shape index (κ2) is 11.0. The van der Waals surface area contributed by atoms with E-state index in [0.29, 0.717) is 0 Å². The molecule has 10 aromatic rings. The summed E-state index contributed by atoms with van der Waals surface area (Å²) in [5.41, 5.74) is 11.3. The fourth-order valence-corrected chi connectivity index (χ4v) is 7.40. The molecule has 0 radical (unpaired) electrons. The van der Waals surface area contributed by atoms with Gasteiger partial charge in [-0.1, -0.05) is 121 Å². The second-order valence-corrected chi connectivity index (χ2v) is 12.5. The lowest BCUT2D eigenvalue weighted by Crippen LogP contribution is -2.10. The van der Waals surface area contributed by atoms with Crippen molar-refractivity contribution in [2.24, 2.45) is 0 Å². The molecule has 0 aliphatic heterocycles. The van der Waals surface area contributed by atoms with Gasteiger partial charge in [-0.15, -0.1) is 0 Å². The van der Waals surface area contributed by atoms with E-state index < -0.39 is 0 Å². The van der Waals surface area contributed by atoms with Gasteiger partial charge in [0.1, 0.15) is 22.3 Å².